The van der Waals surface area contributed by atoms with Crippen LogP contribution in [0.1, 0.15) is 18.9 Å². The molecule has 0 aliphatic rings. The van der Waals surface area contributed by atoms with E-state index in [-0.39, 0.29) is 5.16 Å². The van der Waals surface area contributed by atoms with Crippen molar-refractivity contribution in [3.63, 3.8) is 0 Å². The van der Waals surface area contributed by atoms with Gasteiger partial charge in [-0.25, -0.2) is 0 Å². The van der Waals surface area contributed by atoms with Crippen LogP contribution in [0.25, 0.3) is 10.8 Å². The molecular weight excluding hydrogens is 369 g/mol. The van der Waals surface area contributed by atoms with E-state index < -0.39 is 0 Å². The number of fused-ring (bicyclic) bond motifs is 1. The van der Waals surface area contributed by atoms with Gasteiger partial charge in [-0.1, -0.05) is 73.7 Å². The van der Waals surface area contributed by atoms with Gasteiger partial charge >= 0.3 is 0 Å². The van der Waals surface area contributed by atoms with Crippen molar-refractivity contribution in [2.45, 2.75) is 18.5 Å². The molecular formula is C27H26NP. The lowest BCUT2D eigenvalue weighted by molar-refractivity contribution is 0.740. The lowest BCUT2D eigenvalue weighted by Crippen LogP contribution is -2.20. The Bertz CT molecular complexity index is 1080. The zero-order chi connectivity index (χ0) is 20.3. The molecule has 4 aromatic carbocycles. The summed E-state index contributed by atoms with van der Waals surface area (Å²) in [6, 6.07) is 34.3. The molecule has 2 heteroatoms. The summed E-state index contributed by atoms with van der Waals surface area (Å²) in [4.78, 5) is 2.35. The van der Waals surface area contributed by atoms with Crippen LogP contribution in [-0.2, 0) is 5.16 Å². The number of benzene rings is 4. The van der Waals surface area contributed by atoms with Crippen molar-refractivity contribution < 1.29 is 0 Å². The highest BCUT2D eigenvalue weighted by molar-refractivity contribution is 7.18. The highest BCUT2D eigenvalue weighted by Gasteiger charge is 2.28. The molecule has 0 N–H and O–H groups in total. The molecule has 0 saturated heterocycles. The topological polar surface area (TPSA) is 3.24 Å². The number of nitrogens with zero attached hydrogens (tertiary/aromatic N) is 1. The number of rotatable bonds is 6. The SMILES string of the molecule is C=CC(P)(CC)c1cc2ccccc2cc1N(c1ccccc1)c1ccccc1. The predicted molar refractivity (Wildman–Crippen MR) is 131 cm³/mol. The zero-order valence-corrected chi connectivity index (χ0v) is 17.9. The Morgan fingerprint density at radius 3 is 1.76 bits per heavy atom. The molecule has 0 spiro atoms. The van der Waals surface area contributed by atoms with Crippen LogP contribution in [0.3, 0.4) is 0 Å². The van der Waals surface area contributed by atoms with Gasteiger partial charge in [-0.15, -0.1) is 15.8 Å². The summed E-state index contributed by atoms with van der Waals surface area (Å²) >= 11 is 0. The fourth-order valence-electron chi connectivity index (χ4n) is 3.81. The number of anilines is 3. The van der Waals surface area contributed by atoms with Crippen LogP contribution in [0.4, 0.5) is 17.1 Å². The van der Waals surface area contributed by atoms with E-state index in [1.165, 1.54) is 22.0 Å². The van der Waals surface area contributed by atoms with Crippen LogP contribution in [0.2, 0.25) is 0 Å². The summed E-state index contributed by atoms with van der Waals surface area (Å²) in [7, 11) is 3.04. The van der Waals surface area contributed by atoms with Crippen molar-refractivity contribution >= 4 is 37.1 Å². The summed E-state index contributed by atoms with van der Waals surface area (Å²) in [5, 5.41) is 2.27. The lowest BCUT2D eigenvalue weighted by atomic mass is 9.90. The first-order valence-electron chi connectivity index (χ1n) is 10.0. The Labute approximate surface area is 175 Å². The number of allylic oxidation sites excluding steroid dienone is 1. The highest BCUT2D eigenvalue weighted by Crippen LogP contribution is 2.47. The second-order valence-corrected chi connectivity index (χ2v) is 8.35. The molecule has 0 heterocycles. The molecule has 0 radical (unpaired) electrons. The van der Waals surface area contributed by atoms with Gasteiger partial charge in [0.2, 0.25) is 0 Å². The van der Waals surface area contributed by atoms with Gasteiger partial charge in [0, 0.05) is 16.5 Å². The van der Waals surface area contributed by atoms with E-state index in [2.05, 4.69) is 131 Å². The van der Waals surface area contributed by atoms with Gasteiger partial charge < -0.3 is 4.90 Å². The van der Waals surface area contributed by atoms with Gasteiger partial charge in [0.15, 0.2) is 0 Å². The van der Waals surface area contributed by atoms with E-state index >= 15 is 0 Å². The number of hydrogen-bond donors (Lipinski definition) is 0. The van der Waals surface area contributed by atoms with Crippen molar-refractivity contribution in [3.8, 4) is 0 Å². The predicted octanol–water partition coefficient (Wildman–Crippen LogP) is 7.98. The first kappa shape index (κ1) is 19.4. The van der Waals surface area contributed by atoms with Gasteiger partial charge in [0.05, 0.1) is 5.69 Å². The molecule has 29 heavy (non-hydrogen) atoms. The number of hydrogen-bond acceptors (Lipinski definition) is 1. The van der Waals surface area contributed by atoms with E-state index in [0.717, 1.165) is 17.8 Å². The Hall–Kier alpha value is -2.89. The molecule has 1 nitrogen and oxygen atoms in total. The van der Waals surface area contributed by atoms with Crippen LogP contribution >= 0.6 is 9.24 Å². The third-order valence-corrected chi connectivity index (χ3v) is 6.54. The van der Waals surface area contributed by atoms with Crippen LogP contribution < -0.4 is 4.90 Å². The lowest BCUT2D eigenvalue weighted by Gasteiger charge is -2.34. The standard InChI is InChI=1S/C27H26NP/c1-3-27(29,4-2)25-19-21-13-11-12-14-22(21)20-26(25)28(23-15-7-5-8-16-23)24-17-9-6-10-18-24/h3,5-20H,1,4,29H2,2H3. The van der Waals surface area contributed by atoms with Gasteiger partial charge in [-0.05, 0) is 59.2 Å². The zero-order valence-electron chi connectivity index (χ0n) is 16.8. The smallest absolute Gasteiger partial charge is 0.0512 e. The fourth-order valence-corrected chi connectivity index (χ4v) is 4.04. The minimum absolute atomic E-state index is 0.207. The summed E-state index contributed by atoms with van der Waals surface area (Å²) in [6.07, 6.45) is 3.00. The second-order valence-electron chi connectivity index (χ2n) is 7.32. The van der Waals surface area contributed by atoms with Crippen LogP contribution in [-0.4, -0.2) is 0 Å². The summed E-state index contributed by atoms with van der Waals surface area (Å²) in [5.74, 6) is 0. The molecule has 0 aliphatic carbocycles. The van der Waals surface area contributed by atoms with E-state index in [0.29, 0.717) is 0 Å². The van der Waals surface area contributed by atoms with Crippen LogP contribution in [0.5, 0.6) is 0 Å². The molecule has 0 saturated carbocycles. The van der Waals surface area contributed by atoms with Gasteiger partial charge in [-0.3, -0.25) is 0 Å². The Balaban J connectivity index is 2.06. The summed E-state index contributed by atoms with van der Waals surface area (Å²) in [6.45, 7) is 6.38. The Kier molecular flexibility index (Phi) is 5.51. The maximum Gasteiger partial charge on any atom is 0.0512 e. The summed E-state index contributed by atoms with van der Waals surface area (Å²) in [5.41, 5.74) is 4.72. The van der Waals surface area contributed by atoms with E-state index in [1.54, 1.807) is 0 Å². The van der Waals surface area contributed by atoms with E-state index in [1.807, 2.05) is 0 Å². The van der Waals surface area contributed by atoms with Crippen molar-refractivity contribution in [3.05, 3.63) is 115 Å². The first-order chi connectivity index (χ1) is 14.2. The van der Waals surface area contributed by atoms with Crippen LogP contribution in [0, 0.1) is 0 Å². The third kappa shape index (κ3) is 3.71. The molecule has 2 atom stereocenters. The molecule has 2 unspecified atom stereocenters. The highest BCUT2D eigenvalue weighted by atomic mass is 31.0. The van der Waals surface area contributed by atoms with Gasteiger partial charge in [0.1, 0.15) is 0 Å². The third-order valence-electron chi connectivity index (χ3n) is 5.58. The Morgan fingerprint density at radius 2 is 1.28 bits per heavy atom. The normalized spacial score (nSPS) is 13.0. The molecule has 0 aromatic heterocycles. The quantitative estimate of drug-likeness (QED) is 0.236. The van der Waals surface area contributed by atoms with Gasteiger partial charge in [-0.2, -0.15) is 0 Å². The van der Waals surface area contributed by atoms with Crippen LogP contribution in [0.15, 0.2) is 110 Å². The van der Waals surface area contributed by atoms with Crippen molar-refractivity contribution in [2.24, 2.45) is 0 Å². The minimum Gasteiger partial charge on any atom is -0.310 e. The van der Waals surface area contributed by atoms with Crippen molar-refractivity contribution in [1.29, 1.82) is 0 Å². The minimum atomic E-state index is -0.207. The van der Waals surface area contributed by atoms with E-state index in [4.69, 9.17) is 0 Å². The average molecular weight is 395 g/mol. The molecule has 0 amide bonds. The van der Waals surface area contributed by atoms with Gasteiger partial charge in [0.25, 0.3) is 0 Å². The average Bonchev–Trinajstić information content (AvgIpc) is 2.80. The maximum absolute atomic E-state index is 4.17. The molecule has 0 bridgehead atoms. The molecule has 4 aromatic rings. The van der Waals surface area contributed by atoms with E-state index in [9.17, 15) is 0 Å². The summed E-state index contributed by atoms with van der Waals surface area (Å²) < 4.78 is 0. The largest absolute Gasteiger partial charge is 0.310 e. The Morgan fingerprint density at radius 1 is 0.793 bits per heavy atom. The molecule has 0 aliphatic heterocycles. The molecule has 4 rings (SSSR count). The second kappa shape index (κ2) is 8.23. The fraction of sp³-hybridized carbons (Fsp3) is 0.111. The molecule has 144 valence electrons. The van der Waals surface area contributed by atoms with Crippen molar-refractivity contribution in [2.75, 3.05) is 4.90 Å². The van der Waals surface area contributed by atoms with Crippen molar-refractivity contribution in [1.82, 2.24) is 0 Å². The monoisotopic (exact) mass is 395 g/mol. The maximum atomic E-state index is 4.17. The first-order valence-corrected chi connectivity index (χ1v) is 10.6. The number of para-hydroxylation sites is 2. The molecule has 0 fully saturated rings.